The zero-order valence-corrected chi connectivity index (χ0v) is 15.7. The number of hydrogen-bond donors (Lipinski definition) is 0. The quantitative estimate of drug-likeness (QED) is 0.206. The third-order valence-electron chi connectivity index (χ3n) is 3.96. The molecule has 0 aromatic heterocycles. The summed E-state index contributed by atoms with van der Waals surface area (Å²) >= 11 is 3.80. The van der Waals surface area contributed by atoms with Crippen molar-refractivity contribution in [3.05, 3.63) is 0 Å². The van der Waals surface area contributed by atoms with E-state index in [2.05, 4.69) is 36.7 Å². The van der Waals surface area contributed by atoms with Crippen LogP contribution in [0.1, 0.15) is 78.6 Å². The standard InChI is InChI=1S/C16H35BrN.ClH/c1-4-7-10-12-15-18(16-17,13-9-6-3)14-11-8-5-2;/h4-16H2,1-3H3;1H/q+1;/p-1. The lowest BCUT2D eigenvalue weighted by Gasteiger charge is -2.37. The van der Waals surface area contributed by atoms with Gasteiger partial charge in [0.05, 0.1) is 19.6 Å². The second-order valence-corrected chi connectivity index (χ2v) is 6.25. The molecular formula is C16H35BrClN. The van der Waals surface area contributed by atoms with Crippen LogP contribution in [0, 0.1) is 0 Å². The van der Waals surface area contributed by atoms with Gasteiger partial charge < -0.3 is 16.9 Å². The average Bonchev–Trinajstić information content (AvgIpc) is 2.40. The van der Waals surface area contributed by atoms with E-state index in [0.717, 1.165) is 5.45 Å². The monoisotopic (exact) mass is 355 g/mol. The van der Waals surface area contributed by atoms with Crippen LogP contribution >= 0.6 is 15.9 Å². The van der Waals surface area contributed by atoms with E-state index in [1.165, 1.54) is 81.9 Å². The molecule has 0 fully saturated rings. The lowest BCUT2D eigenvalue weighted by molar-refractivity contribution is -0.915. The summed E-state index contributed by atoms with van der Waals surface area (Å²) < 4.78 is 1.32. The van der Waals surface area contributed by atoms with Crippen molar-refractivity contribution in [1.82, 2.24) is 0 Å². The Labute approximate surface area is 136 Å². The van der Waals surface area contributed by atoms with Crippen molar-refractivity contribution in [2.45, 2.75) is 78.6 Å². The minimum absolute atomic E-state index is 0. The van der Waals surface area contributed by atoms with E-state index in [1.807, 2.05) is 0 Å². The van der Waals surface area contributed by atoms with E-state index in [0.29, 0.717) is 0 Å². The fraction of sp³-hybridized carbons (Fsp3) is 1.00. The van der Waals surface area contributed by atoms with Crippen molar-refractivity contribution in [3.8, 4) is 0 Å². The Kier molecular flexibility index (Phi) is 17.5. The molecule has 0 heterocycles. The van der Waals surface area contributed by atoms with Gasteiger partial charge in [-0.05, 0) is 48.0 Å². The summed E-state index contributed by atoms with van der Waals surface area (Å²) in [5.74, 6) is 0. The molecule has 0 saturated heterocycles. The molecule has 19 heavy (non-hydrogen) atoms. The first-order valence-electron chi connectivity index (χ1n) is 8.15. The van der Waals surface area contributed by atoms with E-state index in [9.17, 15) is 0 Å². The molecule has 0 N–H and O–H groups in total. The number of rotatable bonds is 13. The van der Waals surface area contributed by atoms with Crippen LogP contribution in [0.3, 0.4) is 0 Å². The van der Waals surface area contributed by atoms with Crippen LogP contribution in [-0.2, 0) is 0 Å². The van der Waals surface area contributed by atoms with Crippen LogP contribution in [0.2, 0.25) is 0 Å². The van der Waals surface area contributed by atoms with Gasteiger partial charge in [-0.1, -0.05) is 46.5 Å². The molecule has 0 aliphatic heterocycles. The third kappa shape index (κ3) is 11.1. The lowest BCUT2D eigenvalue weighted by Crippen LogP contribution is -3.00. The van der Waals surface area contributed by atoms with Crippen molar-refractivity contribution in [3.63, 3.8) is 0 Å². The summed E-state index contributed by atoms with van der Waals surface area (Å²) in [6.07, 6.45) is 12.4. The van der Waals surface area contributed by atoms with Crippen LogP contribution in [0.4, 0.5) is 0 Å². The van der Waals surface area contributed by atoms with E-state index in [4.69, 9.17) is 0 Å². The first-order chi connectivity index (χ1) is 8.74. The number of hydrogen-bond acceptors (Lipinski definition) is 0. The second-order valence-electron chi connectivity index (χ2n) is 5.75. The molecule has 0 aromatic rings. The highest BCUT2D eigenvalue weighted by molar-refractivity contribution is 9.09. The Morgan fingerprint density at radius 1 is 0.632 bits per heavy atom. The normalized spacial score (nSPS) is 13.9. The Hall–Kier alpha value is 0.730. The molecule has 0 radical (unpaired) electrons. The molecule has 0 rings (SSSR count). The van der Waals surface area contributed by atoms with Gasteiger partial charge in [0, 0.05) is 0 Å². The van der Waals surface area contributed by atoms with E-state index >= 15 is 0 Å². The molecule has 1 unspecified atom stereocenters. The number of halogens is 2. The van der Waals surface area contributed by atoms with Crippen molar-refractivity contribution < 1.29 is 16.9 Å². The van der Waals surface area contributed by atoms with E-state index in [1.54, 1.807) is 0 Å². The third-order valence-corrected chi connectivity index (χ3v) is 5.03. The van der Waals surface area contributed by atoms with Gasteiger partial charge in [0.1, 0.15) is 5.45 Å². The maximum Gasteiger partial charge on any atom is 0.134 e. The molecule has 0 aromatic carbocycles. The molecule has 0 spiro atoms. The van der Waals surface area contributed by atoms with Crippen LogP contribution < -0.4 is 12.4 Å². The van der Waals surface area contributed by atoms with Crippen LogP contribution in [0.5, 0.6) is 0 Å². The smallest absolute Gasteiger partial charge is 0.134 e. The van der Waals surface area contributed by atoms with Gasteiger partial charge in [-0.15, -0.1) is 0 Å². The molecule has 0 amide bonds. The van der Waals surface area contributed by atoms with Gasteiger partial charge in [-0.25, -0.2) is 0 Å². The molecule has 0 bridgehead atoms. The topological polar surface area (TPSA) is 0 Å². The highest BCUT2D eigenvalue weighted by Crippen LogP contribution is 2.17. The molecule has 0 saturated carbocycles. The summed E-state index contributed by atoms with van der Waals surface area (Å²) in [6, 6.07) is 0. The van der Waals surface area contributed by atoms with Gasteiger partial charge in [0.15, 0.2) is 0 Å². The van der Waals surface area contributed by atoms with Crippen molar-refractivity contribution >= 4 is 15.9 Å². The zero-order chi connectivity index (χ0) is 13.7. The van der Waals surface area contributed by atoms with Crippen molar-refractivity contribution in [2.75, 3.05) is 25.1 Å². The molecule has 0 aliphatic rings. The molecule has 1 atom stereocenters. The minimum Gasteiger partial charge on any atom is -1.00 e. The van der Waals surface area contributed by atoms with E-state index < -0.39 is 0 Å². The molecule has 1 nitrogen and oxygen atoms in total. The number of alkyl halides is 1. The highest BCUT2D eigenvalue weighted by atomic mass is 79.9. The summed E-state index contributed by atoms with van der Waals surface area (Å²) in [7, 11) is 0. The van der Waals surface area contributed by atoms with Crippen LogP contribution in [0.15, 0.2) is 0 Å². The van der Waals surface area contributed by atoms with Gasteiger partial charge in [0.2, 0.25) is 0 Å². The zero-order valence-electron chi connectivity index (χ0n) is 13.4. The summed E-state index contributed by atoms with van der Waals surface area (Å²) in [6.45, 7) is 11.0. The summed E-state index contributed by atoms with van der Waals surface area (Å²) in [5.41, 5.74) is 1.16. The molecule has 0 aliphatic carbocycles. The maximum atomic E-state index is 3.80. The largest absolute Gasteiger partial charge is 1.00 e. The second kappa shape index (κ2) is 15.1. The van der Waals surface area contributed by atoms with Crippen molar-refractivity contribution in [2.24, 2.45) is 0 Å². The van der Waals surface area contributed by atoms with Gasteiger partial charge in [0.25, 0.3) is 0 Å². The molecule has 3 heteroatoms. The van der Waals surface area contributed by atoms with Crippen LogP contribution in [-0.4, -0.2) is 29.6 Å². The Bertz CT molecular complexity index is 178. The highest BCUT2D eigenvalue weighted by Gasteiger charge is 2.24. The fourth-order valence-electron chi connectivity index (χ4n) is 2.58. The number of nitrogens with zero attached hydrogens (tertiary/aromatic N) is 1. The van der Waals surface area contributed by atoms with Gasteiger partial charge >= 0.3 is 0 Å². The van der Waals surface area contributed by atoms with E-state index in [-0.39, 0.29) is 12.4 Å². The Morgan fingerprint density at radius 3 is 1.53 bits per heavy atom. The first-order valence-corrected chi connectivity index (χ1v) is 9.27. The lowest BCUT2D eigenvalue weighted by atomic mass is 10.1. The van der Waals surface area contributed by atoms with Crippen LogP contribution in [0.25, 0.3) is 0 Å². The maximum absolute atomic E-state index is 3.80. The summed E-state index contributed by atoms with van der Waals surface area (Å²) in [4.78, 5) is 0. The van der Waals surface area contributed by atoms with Crippen molar-refractivity contribution in [1.29, 1.82) is 0 Å². The molecule has 118 valence electrons. The minimum atomic E-state index is 0. The predicted molar refractivity (Wildman–Crippen MR) is 87.2 cm³/mol. The fourth-order valence-corrected chi connectivity index (χ4v) is 3.33. The molecular weight excluding hydrogens is 322 g/mol. The average molecular weight is 357 g/mol. The summed E-state index contributed by atoms with van der Waals surface area (Å²) in [5, 5.41) is 0. The number of quaternary nitrogens is 1. The number of unbranched alkanes of at least 4 members (excludes halogenated alkanes) is 6. The Morgan fingerprint density at radius 2 is 1.05 bits per heavy atom. The SMILES string of the molecule is CCCCCC[N+](CBr)(CCCC)CCCCC.[Cl-]. The van der Waals surface area contributed by atoms with Gasteiger partial charge in [-0.2, -0.15) is 0 Å². The predicted octanol–water partition coefficient (Wildman–Crippen LogP) is 2.73. The Balaban J connectivity index is 0. The first kappa shape index (κ1) is 22.0. The van der Waals surface area contributed by atoms with Gasteiger partial charge in [-0.3, -0.25) is 0 Å².